The van der Waals surface area contributed by atoms with Crippen molar-refractivity contribution in [2.45, 2.75) is 16.5 Å². The van der Waals surface area contributed by atoms with Gasteiger partial charge in [0.25, 0.3) is 0 Å². The molecule has 0 unspecified atom stereocenters. The van der Waals surface area contributed by atoms with Crippen LogP contribution in [-0.2, 0) is 16.4 Å². The highest BCUT2D eigenvalue weighted by Gasteiger charge is 2.25. The molecule has 1 aromatic heterocycles. The third kappa shape index (κ3) is 3.30. The Balaban J connectivity index is 2.18. The molecule has 1 heterocycles. The molecule has 0 radical (unpaired) electrons. The molecule has 0 amide bonds. The van der Waals surface area contributed by atoms with Crippen LogP contribution in [0.3, 0.4) is 0 Å². The number of oxazole rings is 1. The molecule has 3 aromatic rings. The van der Waals surface area contributed by atoms with Gasteiger partial charge in [-0.2, -0.15) is 0 Å². The Morgan fingerprint density at radius 3 is 2.44 bits per heavy atom. The van der Waals surface area contributed by atoms with Crippen LogP contribution >= 0.6 is 0 Å². The topological polar surface area (TPSA) is 123 Å². The minimum Gasteiger partial charge on any atom is -0.478 e. The van der Waals surface area contributed by atoms with Crippen molar-refractivity contribution < 1.29 is 22.7 Å². The normalized spacial score (nSPS) is 11.4. The zero-order valence-electron chi connectivity index (χ0n) is 12.9. The van der Waals surface area contributed by atoms with E-state index in [-0.39, 0.29) is 28.0 Å². The minimum absolute atomic E-state index is 0.0417. The lowest BCUT2D eigenvalue weighted by atomic mass is 10.0. The Hall–Kier alpha value is -2.97. The van der Waals surface area contributed by atoms with Crippen LogP contribution in [0, 0.1) is 0 Å². The number of rotatable bonds is 5. The van der Waals surface area contributed by atoms with Crippen LogP contribution in [0.2, 0.25) is 0 Å². The molecule has 0 aliphatic heterocycles. The second kappa shape index (κ2) is 6.50. The van der Waals surface area contributed by atoms with E-state index in [0.717, 1.165) is 12.3 Å². The van der Waals surface area contributed by atoms with E-state index in [2.05, 4.69) is 4.98 Å². The molecule has 0 aliphatic rings. The van der Waals surface area contributed by atoms with E-state index in [0.29, 0.717) is 11.1 Å². The summed E-state index contributed by atoms with van der Waals surface area (Å²) >= 11 is 0. The highest BCUT2D eigenvalue weighted by molar-refractivity contribution is 7.91. The summed E-state index contributed by atoms with van der Waals surface area (Å²) in [7, 11) is -4.06. The Labute approximate surface area is 143 Å². The third-order valence-corrected chi connectivity index (χ3v) is 5.12. The van der Waals surface area contributed by atoms with E-state index in [4.69, 9.17) is 10.2 Å². The number of benzene rings is 2. The summed E-state index contributed by atoms with van der Waals surface area (Å²) in [6, 6.07) is 12.8. The van der Waals surface area contributed by atoms with Crippen molar-refractivity contribution in [2.24, 2.45) is 5.73 Å². The fraction of sp³-hybridized carbons (Fsp3) is 0.0588. The summed E-state index contributed by atoms with van der Waals surface area (Å²) in [4.78, 5) is 15.0. The number of carbonyl (C=O) groups is 1. The fourth-order valence-electron chi connectivity index (χ4n) is 2.30. The van der Waals surface area contributed by atoms with E-state index in [9.17, 15) is 18.3 Å². The highest BCUT2D eigenvalue weighted by atomic mass is 32.2. The Morgan fingerprint density at radius 1 is 1.12 bits per heavy atom. The average molecular weight is 358 g/mol. The van der Waals surface area contributed by atoms with Crippen LogP contribution < -0.4 is 5.73 Å². The van der Waals surface area contributed by atoms with Crippen LogP contribution in [0.25, 0.3) is 11.1 Å². The predicted octanol–water partition coefficient (Wildman–Crippen LogP) is 2.33. The van der Waals surface area contributed by atoms with E-state index in [1.807, 2.05) is 6.07 Å². The average Bonchev–Trinajstić information content (AvgIpc) is 3.12. The van der Waals surface area contributed by atoms with Gasteiger partial charge in [0.05, 0.1) is 23.2 Å². The molecule has 0 saturated carbocycles. The summed E-state index contributed by atoms with van der Waals surface area (Å²) in [5, 5.41) is 8.93. The molecule has 3 rings (SSSR count). The zero-order valence-corrected chi connectivity index (χ0v) is 13.7. The quantitative estimate of drug-likeness (QED) is 0.717. The molecule has 3 N–H and O–H groups in total. The molecule has 2 aromatic carbocycles. The van der Waals surface area contributed by atoms with Crippen LogP contribution in [0.5, 0.6) is 0 Å². The zero-order chi connectivity index (χ0) is 18.0. The van der Waals surface area contributed by atoms with Crippen molar-refractivity contribution in [3.8, 4) is 11.1 Å². The lowest BCUT2D eigenvalue weighted by molar-refractivity contribution is 0.0696. The summed E-state index contributed by atoms with van der Waals surface area (Å²) in [6.07, 6.45) is 1.06. The summed E-state index contributed by atoms with van der Waals surface area (Å²) < 4.78 is 30.6. The molecular weight excluding hydrogens is 344 g/mol. The monoisotopic (exact) mass is 358 g/mol. The lowest BCUT2D eigenvalue weighted by Gasteiger charge is -2.08. The lowest BCUT2D eigenvalue weighted by Crippen LogP contribution is -2.05. The van der Waals surface area contributed by atoms with Gasteiger partial charge in [-0.05, 0) is 29.3 Å². The molecular formula is C17H14N2O5S. The van der Waals surface area contributed by atoms with Crippen LogP contribution in [0.15, 0.2) is 69.1 Å². The minimum atomic E-state index is -4.06. The van der Waals surface area contributed by atoms with Crippen LogP contribution in [0.4, 0.5) is 0 Å². The number of aromatic carboxylic acids is 1. The Morgan fingerprint density at radius 2 is 1.84 bits per heavy atom. The van der Waals surface area contributed by atoms with Crippen molar-refractivity contribution in [1.29, 1.82) is 0 Å². The van der Waals surface area contributed by atoms with Gasteiger partial charge in [0.15, 0.2) is 0 Å². The maximum Gasteiger partial charge on any atom is 0.335 e. The summed E-state index contributed by atoms with van der Waals surface area (Å²) in [6.45, 7) is -0.0417. The fourth-order valence-corrected chi connectivity index (χ4v) is 3.50. The van der Waals surface area contributed by atoms with Crippen molar-refractivity contribution in [3.05, 3.63) is 66.2 Å². The smallest absolute Gasteiger partial charge is 0.335 e. The van der Waals surface area contributed by atoms with Gasteiger partial charge >= 0.3 is 5.97 Å². The van der Waals surface area contributed by atoms with Crippen molar-refractivity contribution in [3.63, 3.8) is 0 Å². The van der Waals surface area contributed by atoms with Gasteiger partial charge in [0.1, 0.15) is 0 Å². The molecule has 0 fully saturated rings. The van der Waals surface area contributed by atoms with Gasteiger partial charge in [-0.3, -0.25) is 0 Å². The number of aromatic nitrogens is 1. The number of hydrogen-bond donors (Lipinski definition) is 2. The van der Waals surface area contributed by atoms with Gasteiger partial charge in [-0.1, -0.05) is 30.3 Å². The van der Waals surface area contributed by atoms with Gasteiger partial charge < -0.3 is 15.3 Å². The van der Waals surface area contributed by atoms with Gasteiger partial charge in [-0.25, -0.2) is 18.2 Å². The summed E-state index contributed by atoms with van der Waals surface area (Å²) in [5.74, 6) is -1.15. The van der Waals surface area contributed by atoms with Crippen molar-refractivity contribution in [2.75, 3.05) is 0 Å². The van der Waals surface area contributed by atoms with Gasteiger partial charge in [0, 0.05) is 0 Å². The first-order valence-electron chi connectivity index (χ1n) is 7.25. The summed E-state index contributed by atoms with van der Waals surface area (Å²) in [5.41, 5.74) is 6.41. The van der Waals surface area contributed by atoms with Crippen molar-refractivity contribution in [1.82, 2.24) is 4.98 Å². The maximum absolute atomic E-state index is 12.8. The number of carboxylic acids is 1. The molecule has 0 aliphatic carbocycles. The number of nitrogens with zero attached hydrogens (tertiary/aromatic N) is 1. The molecule has 8 heteroatoms. The van der Waals surface area contributed by atoms with Crippen LogP contribution in [0.1, 0.15) is 16.2 Å². The third-order valence-electron chi connectivity index (χ3n) is 3.54. The number of carboxylic acid groups (broad SMARTS) is 1. The van der Waals surface area contributed by atoms with E-state index in [1.165, 1.54) is 12.1 Å². The molecule has 0 saturated heterocycles. The molecule has 25 heavy (non-hydrogen) atoms. The van der Waals surface area contributed by atoms with E-state index < -0.39 is 15.8 Å². The van der Waals surface area contributed by atoms with Gasteiger partial charge in [-0.15, -0.1) is 0 Å². The molecule has 0 atom stereocenters. The Kier molecular flexibility index (Phi) is 4.39. The molecule has 7 nitrogen and oxygen atoms in total. The first-order valence-corrected chi connectivity index (χ1v) is 8.74. The highest BCUT2D eigenvalue weighted by Crippen LogP contribution is 2.28. The second-order valence-electron chi connectivity index (χ2n) is 5.20. The molecule has 0 spiro atoms. The first kappa shape index (κ1) is 16.9. The number of hydrogen-bond acceptors (Lipinski definition) is 6. The second-order valence-corrected chi connectivity index (χ2v) is 7.08. The van der Waals surface area contributed by atoms with Gasteiger partial charge in [0.2, 0.25) is 20.8 Å². The first-order chi connectivity index (χ1) is 11.9. The number of sulfone groups is 1. The van der Waals surface area contributed by atoms with E-state index >= 15 is 0 Å². The van der Waals surface area contributed by atoms with Crippen molar-refractivity contribution >= 4 is 15.8 Å². The largest absolute Gasteiger partial charge is 0.478 e. The molecule has 128 valence electrons. The standard InChI is InChI=1S/C17H14N2O5S/c18-9-15-19-10-16(24-15)25(22,23)14-7-12(6-13(8-14)17(20)21)11-4-2-1-3-5-11/h1-8,10H,9,18H2,(H,20,21). The molecule has 0 bridgehead atoms. The number of nitrogens with two attached hydrogens (primary N) is 1. The SMILES string of the molecule is NCc1ncc(S(=O)(=O)c2cc(C(=O)O)cc(-c3ccccc3)c2)o1. The van der Waals surface area contributed by atoms with Crippen LogP contribution in [-0.4, -0.2) is 24.5 Å². The van der Waals surface area contributed by atoms with E-state index in [1.54, 1.807) is 24.3 Å². The maximum atomic E-state index is 12.8. The predicted molar refractivity (Wildman–Crippen MR) is 88.7 cm³/mol. The Bertz CT molecular complexity index is 1030.